The molecule has 0 bridgehead atoms. The van der Waals surface area contributed by atoms with E-state index in [1.807, 2.05) is 0 Å². The standard InChI is InChI=1S/C12H10O5S/c1-16-9-3-2-4-11(7-9)18(14,15)12-6-5-10(8-13)17-12/h2-8H,1H3. The van der Waals surface area contributed by atoms with Gasteiger partial charge in [0.05, 0.1) is 12.0 Å². The van der Waals surface area contributed by atoms with Crippen molar-refractivity contribution in [2.24, 2.45) is 0 Å². The lowest BCUT2D eigenvalue weighted by Gasteiger charge is -2.03. The first-order valence-electron chi connectivity index (χ1n) is 5.02. The molecule has 94 valence electrons. The van der Waals surface area contributed by atoms with Gasteiger partial charge in [0.25, 0.3) is 0 Å². The summed E-state index contributed by atoms with van der Waals surface area (Å²) in [5.74, 6) is 0.398. The number of sulfone groups is 1. The van der Waals surface area contributed by atoms with Crippen LogP contribution >= 0.6 is 0 Å². The van der Waals surface area contributed by atoms with Crippen molar-refractivity contribution in [3.63, 3.8) is 0 Å². The van der Waals surface area contributed by atoms with Crippen LogP contribution in [0.25, 0.3) is 0 Å². The number of aldehydes is 1. The van der Waals surface area contributed by atoms with E-state index in [1.165, 1.54) is 31.4 Å². The monoisotopic (exact) mass is 266 g/mol. The van der Waals surface area contributed by atoms with Gasteiger partial charge in [-0.3, -0.25) is 4.79 Å². The van der Waals surface area contributed by atoms with Crippen molar-refractivity contribution in [2.45, 2.75) is 9.99 Å². The maximum Gasteiger partial charge on any atom is 0.239 e. The van der Waals surface area contributed by atoms with Crippen LogP contribution < -0.4 is 4.74 Å². The number of carbonyl (C=O) groups excluding carboxylic acids is 1. The Kier molecular flexibility index (Phi) is 3.20. The second-order valence-electron chi connectivity index (χ2n) is 3.46. The maximum absolute atomic E-state index is 12.2. The first-order chi connectivity index (χ1) is 8.57. The van der Waals surface area contributed by atoms with Gasteiger partial charge in [0.15, 0.2) is 12.0 Å². The smallest absolute Gasteiger partial charge is 0.239 e. The SMILES string of the molecule is COc1cccc(S(=O)(=O)c2ccc(C=O)o2)c1. The number of rotatable bonds is 4. The molecule has 6 heteroatoms. The highest BCUT2D eigenvalue weighted by Gasteiger charge is 2.22. The van der Waals surface area contributed by atoms with E-state index in [4.69, 9.17) is 9.15 Å². The van der Waals surface area contributed by atoms with E-state index in [1.54, 1.807) is 12.1 Å². The molecule has 18 heavy (non-hydrogen) atoms. The molecular weight excluding hydrogens is 256 g/mol. The Balaban J connectivity index is 2.50. The largest absolute Gasteiger partial charge is 0.497 e. The fourth-order valence-electron chi connectivity index (χ4n) is 1.43. The van der Waals surface area contributed by atoms with E-state index in [2.05, 4.69) is 0 Å². The van der Waals surface area contributed by atoms with Crippen molar-refractivity contribution in [1.82, 2.24) is 0 Å². The summed E-state index contributed by atoms with van der Waals surface area (Å²) in [6.45, 7) is 0. The molecule has 0 atom stereocenters. The van der Waals surface area contributed by atoms with E-state index in [9.17, 15) is 13.2 Å². The highest BCUT2D eigenvalue weighted by molar-refractivity contribution is 7.91. The van der Waals surface area contributed by atoms with Gasteiger partial charge in [-0.2, -0.15) is 0 Å². The fourth-order valence-corrected chi connectivity index (χ4v) is 2.64. The van der Waals surface area contributed by atoms with Gasteiger partial charge < -0.3 is 9.15 Å². The Labute approximate surface area is 104 Å². The average Bonchev–Trinajstić information content (AvgIpc) is 2.88. The molecule has 2 aromatic rings. The van der Waals surface area contributed by atoms with Gasteiger partial charge in [-0.15, -0.1) is 0 Å². The molecule has 0 aliphatic carbocycles. The van der Waals surface area contributed by atoms with Crippen molar-refractivity contribution >= 4 is 16.1 Å². The molecule has 1 heterocycles. The predicted octanol–water partition coefficient (Wildman–Crippen LogP) is 1.93. The van der Waals surface area contributed by atoms with E-state index < -0.39 is 9.84 Å². The lowest BCUT2D eigenvalue weighted by Crippen LogP contribution is -2.00. The molecule has 2 rings (SSSR count). The zero-order chi connectivity index (χ0) is 13.2. The van der Waals surface area contributed by atoms with Crippen molar-refractivity contribution in [2.75, 3.05) is 7.11 Å². The van der Waals surface area contributed by atoms with Crippen LogP contribution in [0.5, 0.6) is 5.75 Å². The van der Waals surface area contributed by atoms with Crippen LogP contribution in [-0.2, 0) is 9.84 Å². The van der Waals surface area contributed by atoms with Crippen molar-refractivity contribution in [1.29, 1.82) is 0 Å². The highest BCUT2D eigenvalue weighted by atomic mass is 32.2. The van der Waals surface area contributed by atoms with E-state index >= 15 is 0 Å². The van der Waals surface area contributed by atoms with Crippen LogP contribution in [0.1, 0.15) is 10.6 Å². The van der Waals surface area contributed by atoms with Crippen LogP contribution in [0.4, 0.5) is 0 Å². The lowest BCUT2D eigenvalue weighted by atomic mass is 10.3. The van der Waals surface area contributed by atoms with Crippen LogP contribution in [0.2, 0.25) is 0 Å². The minimum atomic E-state index is -3.77. The molecule has 0 radical (unpaired) electrons. The van der Waals surface area contributed by atoms with E-state index in [-0.39, 0.29) is 15.7 Å². The third kappa shape index (κ3) is 2.14. The molecule has 0 spiro atoms. The van der Waals surface area contributed by atoms with E-state index in [0.29, 0.717) is 12.0 Å². The Morgan fingerprint density at radius 3 is 2.61 bits per heavy atom. The Morgan fingerprint density at radius 1 is 1.22 bits per heavy atom. The maximum atomic E-state index is 12.2. The van der Waals surface area contributed by atoms with Crippen LogP contribution in [0.3, 0.4) is 0 Å². The zero-order valence-electron chi connectivity index (χ0n) is 9.49. The Hall–Kier alpha value is -2.08. The number of ether oxygens (including phenoxy) is 1. The van der Waals surface area contributed by atoms with Gasteiger partial charge in [-0.25, -0.2) is 8.42 Å². The van der Waals surface area contributed by atoms with Crippen LogP contribution in [0, 0.1) is 0 Å². The molecule has 0 aliphatic heterocycles. The molecular formula is C12H10O5S. The third-order valence-electron chi connectivity index (χ3n) is 2.33. The number of furan rings is 1. The van der Waals surface area contributed by atoms with Crippen molar-refractivity contribution in [3.8, 4) is 5.75 Å². The first kappa shape index (κ1) is 12.4. The van der Waals surface area contributed by atoms with Gasteiger partial charge in [-0.1, -0.05) is 6.07 Å². The normalized spacial score (nSPS) is 11.2. The Morgan fingerprint density at radius 2 is 2.00 bits per heavy atom. The Bertz CT molecular complexity index is 669. The molecule has 0 amide bonds. The molecule has 0 saturated carbocycles. The molecule has 5 nitrogen and oxygen atoms in total. The molecule has 0 fully saturated rings. The molecule has 1 aromatic heterocycles. The fraction of sp³-hybridized carbons (Fsp3) is 0.0833. The third-order valence-corrected chi connectivity index (χ3v) is 3.96. The molecule has 0 N–H and O–H groups in total. The number of benzene rings is 1. The summed E-state index contributed by atoms with van der Waals surface area (Å²) < 4.78 is 34.2. The minimum absolute atomic E-state index is 0.0310. The summed E-state index contributed by atoms with van der Waals surface area (Å²) in [6.07, 6.45) is 0.449. The van der Waals surface area contributed by atoms with E-state index in [0.717, 1.165) is 0 Å². The minimum Gasteiger partial charge on any atom is -0.497 e. The van der Waals surface area contributed by atoms with Gasteiger partial charge >= 0.3 is 0 Å². The summed E-state index contributed by atoms with van der Waals surface area (Å²) in [7, 11) is -2.32. The highest BCUT2D eigenvalue weighted by Crippen LogP contribution is 2.25. The second-order valence-corrected chi connectivity index (χ2v) is 5.34. The molecule has 1 aromatic carbocycles. The van der Waals surface area contributed by atoms with Gasteiger partial charge in [0, 0.05) is 0 Å². The summed E-state index contributed by atoms with van der Waals surface area (Å²) in [6, 6.07) is 8.57. The van der Waals surface area contributed by atoms with Gasteiger partial charge in [-0.05, 0) is 30.3 Å². The van der Waals surface area contributed by atoms with Crippen molar-refractivity contribution < 1.29 is 22.4 Å². The molecule has 0 aliphatic rings. The number of methoxy groups -OCH3 is 1. The van der Waals surface area contributed by atoms with Gasteiger partial charge in [0.1, 0.15) is 5.75 Å². The van der Waals surface area contributed by atoms with Crippen LogP contribution in [-0.4, -0.2) is 21.8 Å². The summed E-state index contributed by atoms with van der Waals surface area (Å²) in [4.78, 5) is 10.5. The van der Waals surface area contributed by atoms with Crippen molar-refractivity contribution in [3.05, 3.63) is 42.2 Å². The molecule has 0 saturated heterocycles. The quantitative estimate of drug-likeness (QED) is 0.790. The van der Waals surface area contributed by atoms with Gasteiger partial charge in [0.2, 0.25) is 14.9 Å². The number of carbonyl (C=O) groups is 1. The summed E-state index contributed by atoms with van der Waals surface area (Å²) in [5, 5.41) is -0.266. The lowest BCUT2D eigenvalue weighted by molar-refractivity contribution is 0.109. The summed E-state index contributed by atoms with van der Waals surface area (Å²) in [5.41, 5.74) is 0. The molecule has 0 unspecified atom stereocenters. The number of hydrogen-bond donors (Lipinski definition) is 0. The topological polar surface area (TPSA) is 73.6 Å². The van der Waals surface area contributed by atoms with Crippen LogP contribution in [0.15, 0.2) is 50.8 Å². The summed E-state index contributed by atoms with van der Waals surface area (Å²) >= 11 is 0. The first-order valence-corrected chi connectivity index (χ1v) is 6.50. The predicted molar refractivity (Wildman–Crippen MR) is 62.5 cm³/mol. The second kappa shape index (κ2) is 4.66. The number of hydrogen-bond acceptors (Lipinski definition) is 5. The zero-order valence-corrected chi connectivity index (χ0v) is 10.3. The average molecular weight is 266 g/mol.